The normalized spacial score (nSPS) is 46.8. The van der Waals surface area contributed by atoms with Crippen molar-refractivity contribution >= 4 is 17.5 Å². The number of allylic oxidation sites excluding steroid dienone is 6. The SMILES string of the molecule is CCOC(=O)[C@]1(C)CC[C@]2(C)CC[C@]3(C)C4=CC(C)C5=CC(=O)C(=O)C=C5[C@]4(C)CC[C@@]3(C)[C@@H]2C1. The predicted molar refractivity (Wildman–Crippen MR) is 136 cm³/mol. The molecule has 3 fully saturated rings. The number of hydrogen-bond acceptors (Lipinski definition) is 4. The summed E-state index contributed by atoms with van der Waals surface area (Å²) in [5, 5.41) is 0. The number of hydrogen-bond donors (Lipinski definition) is 0. The molecule has 4 nitrogen and oxygen atoms in total. The fraction of sp³-hybridized carbons (Fsp3) is 0.710. The van der Waals surface area contributed by atoms with Gasteiger partial charge in [0.1, 0.15) is 0 Å². The van der Waals surface area contributed by atoms with Crippen LogP contribution >= 0.6 is 0 Å². The number of fused-ring (bicyclic) bond motifs is 7. The van der Waals surface area contributed by atoms with Crippen LogP contribution < -0.4 is 0 Å². The first kappa shape index (κ1) is 24.7. The van der Waals surface area contributed by atoms with Crippen molar-refractivity contribution in [3.63, 3.8) is 0 Å². The summed E-state index contributed by atoms with van der Waals surface area (Å²) in [6.07, 6.45) is 12.8. The zero-order valence-corrected chi connectivity index (χ0v) is 22.7. The van der Waals surface area contributed by atoms with E-state index in [0.717, 1.165) is 56.1 Å². The molecule has 0 bridgehead atoms. The molecule has 4 heteroatoms. The molecule has 7 atom stereocenters. The lowest BCUT2D eigenvalue weighted by Crippen LogP contribution is -2.62. The molecule has 0 N–H and O–H groups in total. The van der Waals surface area contributed by atoms with E-state index in [-0.39, 0.29) is 39.3 Å². The molecule has 35 heavy (non-hydrogen) atoms. The average molecular weight is 479 g/mol. The maximum absolute atomic E-state index is 13.1. The van der Waals surface area contributed by atoms with Gasteiger partial charge < -0.3 is 4.74 Å². The van der Waals surface area contributed by atoms with Crippen molar-refractivity contribution in [1.29, 1.82) is 0 Å². The Balaban J connectivity index is 1.61. The molecular formula is C31H42O4. The fourth-order valence-corrected chi connectivity index (χ4v) is 9.09. The standard InChI is InChI=1S/C31H42O4/c1-8-35-26(34)28(4)10-9-27(3)11-13-30(6)24-15-19(2)20-16-22(32)23(33)17-21(20)29(24,5)12-14-31(30,7)25(27)18-28/h15-17,19,25H,8-14,18H2,1-7H3/t19?,25-,27-,28-,29+,30-,31+/m1/s1. The van der Waals surface area contributed by atoms with Crippen molar-refractivity contribution in [3.8, 4) is 0 Å². The minimum absolute atomic E-state index is 0.0256. The molecule has 5 aliphatic rings. The van der Waals surface area contributed by atoms with Crippen molar-refractivity contribution in [2.24, 2.45) is 38.9 Å². The first-order valence-electron chi connectivity index (χ1n) is 13.7. The third-order valence-corrected chi connectivity index (χ3v) is 11.7. The van der Waals surface area contributed by atoms with Crippen LogP contribution in [0.25, 0.3) is 0 Å². The molecule has 0 spiro atoms. The lowest BCUT2D eigenvalue weighted by Gasteiger charge is -2.70. The zero-order valence-electron chi connectivity index (χ0n) is 22.7. The van der Waals surface area contributed by atoms with Gasteiger partial charge >= 0.3 is 5.97 Å². The first-order chi connectivity index (χ1) is 16.2. The van der Waals surface area contributed by atoms with Crippen LogP contribution in [-0.2, 0) is 19.1 Å². The molecule has 190 valence electrons. The first-order valence-corrected chi connectivity index (χ1v) is 13.7. The summed E-state index contributed by atoms with van der Waals surface area (Å²) in [6.45, 7) is 16.3. The second kappa shape index (κ2) is 7.52. The van der Waals surface area contributed by atoms with Gasteiger partial charge in [-0.1, -0.05) is 46.3 Å². The Labute approximate surface area is 210 Å². The van der Waals surface area contributed by atoms with Gasteiger partial charge in [0, 0.05) is 5.41 Å². The molecule has 0 amide bonds. The summed E-state index contributed by atoms with van der Waals surface area (Å²) in [5.74, 6) is -0.264. The molecule has 0 aromatic heterocycles. The van der Waals surface area contributed by atoms with Crippen LogP contribution in [0.2, 0.25) is 0 Å². The van der Waals surface area contributed by atoms with Gasteiger partial charge in [0.25, 0.3) is 0 Å². The molecule has 1 unspecified atom stereocenters. The Morgan fingerprint density at radius 2 is 1.60 bits per heavy atom. The number of esters is 1. The van der Waals surface area contributed by atoms with Crippen molar-refractivity contribution in [2.45, 2.75) is 93.4 Å². The van der Waals surface area contributed by atoms with Crippen LogP contribution in [-0.4, -0.2) is 24.1 Å². The van der Waals surface area contributed by atoms with Crippen LogP contribution in [0, 0.1) is 38.9 Å². The summed E-state index contributed by atoms with van der Waals surface area (Å²) < 4.78 is 5.56. The maximum atomic E-state index is 13.1. The fourth-order valence-electron chi connectivity index (χ4n) is 9.09. The van der Waals surface area contributed by atoms with E-state index in [0.29, 0.717) is 12.5 Å². The molecule has 5 aliphatic carbocycles. The van der Waals surface area contributed by atoms with Crippen molar-refractivity contribution in [3.05, 3.63) is 34.9 Å². The predicted octanol–water partition coefficient (Wildman–Crippen LogP) is 6.55. The van der Waals surface area contributed by atoms with Crippen LogP contribution in [0.5, 0.6) is 0 Å². The minimum atomic E-state index is -0.426. The summed E-state index contributed by atoms with van der Waals surface area (Å²) in [6, 6.07) is 0. The molecule has 0 aliphatic heterocycles. The molecule has 3 saturated carbocycles. The number of ether oxygens (including phenoxy) is 1. The monoisotopic (exact) mass is 478 g/mol. The highest BCUT2D eigenvalue weighted by Gasteiger charge is 2.67. The number of carbonyl (C=O) groups excluding carboxylic acids is 3. The average Bonchev–Trinajstić information content (AvgIpc) is 2.80. The van der Waals surface area contributed by atoms with E-state index in [1.54, 1.807) is 12.2 Å². The van der Waals surface area contributed by atoms with Gasteiger partial charge in [-0.2, -0.15) is 0 Å². The van der Waals surface area contributed by atoms with Gasteiger partial charge in [-0.05, 0) is 110 Å². The number of carbonyl (C=O) groups is 3. The number of rotatable bonds is 2. The Morgan fingerprint density at radius 1 is 0.943 bits per heavy atom. The Bertz CT molecular complexity index is 1110. The van der Waals surface area contributed by atoms with Crippen LogP contribution in [0.4, 0.5) is 0 Å². The van der Waals surface area contributed by atoms with E-state index in [9.17, 15) is 14.4 Å². The van der Waals surface area contributed by atoms with Gasteiger partial charge in [-0.25, -0.2) is 0 Å². The lowest BCUT2D eigenvalue weighted by molar-refractivity contribution is -0.182. The highest BCUT2D eigenvalue weighted by atomic mass is 16.5. The largest absolute Gasteiger partial charge is 0.466 e. The van der Waals surface area contributed by atoms with E-state index >= 15 is 0 Å². The van der Waals surface area contributed by atoms with E-state index in [4.69, 9.17) is 4.74 Å². The van der Waals surface area contributed by atoms with Gasteiger partial charge in [0.15, 0.2) is 0 Å². The highest BCUT2D eigenvalue weighted by Crippen LogP contribution is 2.75. The van der Waals surface area contributed by atoms with E-state index in [1.807, 2.05) is 6.92 Å². The van der Waals surface area contributed by atoms with Gasteiger partial charge in [0.05, 0.1) is 12.0 Å². The van der Waals surface area contributed by atoms with Gasteiger partial charge in [0.2, 0.25) is 11.6 Å². The van der Waals surface area contributed by atoms with Crippen molar-refractivity contribution < 1.29 is 19.1 Å². The maximum Gasteiger partial charge on any atom is 0.311 e. The quantitative estimate of drug-likeness (QED) is 0.195. The zero-order chi connectivity index (χ0) is 25.6. The molecule has 0 radical (unpaired) electrons. The van der Waals surface area contributed by atoms with Crippen LogP contribution in [0.3, 0.4) is 0 Å². The summed E-state index contributed by atoms with van der Waals surface area (Å²) >= 11 is 0. The van der Waals surface area contributed by atoms with Crippen molar-refractivity contribution in [1.82, 2.24) is 0 Å². The van der Waals surface area contributed by atoms with Crippen molar-refractivity contribution in [2.75, 3.05) is 6.61 Å². The highest BCUT2D eigenvalue weighted by molar-refractivity contribution is 6.47. The van der Waals surface area contributed by atoms with Gasteiger partial charge in [-0.3, -0.25) is 14.4 Å². The molecule has 0 aromatic rings. The third kappa shape index (κ3) is 3.13. The second-order valence-corrected chi connectivity index (χ2v) is 13.5. The Hall–Kier alpha value is -1.97. The molecule has 0 heterocycles. The summed E-state index contributed by atoms with van der Waals surface area (Å²) in [7, 11) is 0. The number of ketones is 2. The van der Waals surface area contributed by atoms with E-state index < -0.39 is 11.2 Å². The second-order valence-electron chi connectivity index (χ2n) is 13.5. The Morgan fingerprint density at radius 3 is 2.29 bits per heavy atom. The summed E-state index contributed by atoms with van der Waals surface area (Å²) in [4.78, 5) is 37.8. The van der Waals surface area contributed by atoms with Crippen LogP contribution in [0.1, 0.15) is 93.4 Å². The Kier molecular flexibility index (Phi) is 5.31. The smallest absolute Gasteiger partial charge is 0.311 e. The topological polar surface area (TPSA) is 60.4 Å². The van der Waals surface area contributed by atoms with Gasteiger partial charge in [-0.15, -0.1) is 0 Å². The molecular weight excluding hydrogens is 436 g/mol. The van der Waals surface area contributed by atoms with Crippen LogP contribution in [0.15, 0.2) is 34.9 Å². The lowest BCUT2D eigenvalue weighted by atomic mass is 9.34. The van der Waals surface area contributed by atoms with E-state index in [2.05, 4.69) is 47.6 Å². The summed E-state index contributed by atoms with van der Waals surface area (Å²) in [5.41, 5.74) is 3.16. The molecule has 0 saturated heterocycles. The molecule has 5 rings (SSSR count). The van der Waals surface area contributed by atoms with E-state index in [1.165, 1.54) is 5.57 Å². The molecule has 0 aromatic carbocycles. The third-order valence-electron chi connectivity index (χ3n) is 11.7. The minimum Gasteiger partial charge on any atom is -0.466 e.